The fourth-order valence-electron chi connectivity index (χ4n) is 5.02. The standard InChI is InChI=1S/C29H25FN4O4S/c30-23-8-4-5-9-24(23)32-29-33(31-16-22-14-27-28(38-18-37-27)15-25(22)34(35)36)26(17-39-29)21-12-10-20(11-13-21)19-6-2-1-3-7-19/h4-5,8-17,19H,1-3,6-7,18H2. The highest BCUT2D eigenvalue weighted by molar-refractivity contribution is 7.07. The van der Waals surface area contributed by atoms with Gasteiger partial charge in [-0.05, 0) is 42.5 Å². The minimum absolute atomic E-state index is 0.000959. The zero-order valence-corrected chi connectivity index (χ0v) is 21.8. The summed E-state index contributed by atoms with van der Waals surface area (Å²) >= 11 is 1.31. The first-order chi connectivity index (χ1) is 19.1. The Bertz CT molecular complexity index is 1620. The van der Waals surface area contributed by atoms with E-state index in [1.54, 1.807) is 22.9 Å². The van der Waals surface area contributed by atoms with E-state index in [0.717, 1.165) is 11.3 Å². The lowest BCUT2D eigenvalue weighted by molar-refractivity contribution is -0.385. The van der Waals surface area contributed by atoms with Gasteiger partial charge in [0, 0.05) is 10.9 Å². The van der Waals surface area contributed by atoms with E-state index in [0.29, 0.717) is 22.2 Å². The molecule has 0 N–H and O–H groups in total. The van der Waals surface area contributed by atoms with Crippen molar-refractivity contribution in [3.05, 3.63) is 97.9 Å². The van der Waals surface area contributed by atoms with Crippen LogP contribution in [0, 0.1) is 15.9 Å². The molecule has 0 saturated heterocycles. The molecule has 0 bridgehead atoms. The fourth-order valence-corrected chi connectivity index (χ4v) is 5.87. The van der Waals surface area contributed by atoms with Crippen molar-refractivity contribution in [2.75, 3.05) is 6.79 Å². The van der Waals surface area contributed by atoms with Crippen molar-refractivity contribution >= 4 is 28.9 Å². The molecule has 1 aliphatic heterocycles. The highest BCUT2D eigenvalue weighted by Gasteiger charge is 2.23. The summed E-state index contributed by atoms with van der Waals surface area (Å²) < 4.78 is 26.7. The van der Waals surface area contributed by atoms with Crippen LogP contribution < -0.4 is 14.3 Å². The van der Waals surface area contributed by atoms with Crippen LogP contribution in [0.25, 0.3) is 11.3 Å². The van der Waals surface area contributed by atoms with Crippen molar-refractivity contribution < 1.29 is 18.8 Å². The predicted octanol–water partition coefficient (Wildman–Crippen LogP) is 7.15. The molecule has 0 radical (unpaired) electrons. The summed E-state index contributed by atoms with van der Waals surface area (Å²) in [5.74, 6) is 0.855. The van der Waals surface area contributed by atoms with Gasteiger partial charge < -0.3 is 9.47 Å². The largest absolute Gasteiger partial charge is 0.454 e. The number of nitro benzene ring substituents is 1. The summed E-state index contributed by atoms with van der Waals surface area (Å²) in [6, 6.07) is 17.6. The van der Waals surface area contributed by atoms with E-state index >= 15 is 0 Å². The zero-order chi connectivity index (χ0) is 26.8. The van der Waals surface area contributed by atoms with Crippen molar-refractivity contribution in [1.29, 1.82) is 0 Å². The van der Waals surface area contributed by atoms with Crippen LogP contribution in [-0.4, -0.2) is 22.6 Å². The Morgan fingerprint density at radius 3 is 2.51 bits per heavy atom. The summed E-state index contributed by atoms with van der Waals surface area (Å²) in [4.78, 5) is 16.2. The van der Waals surface area contributed by atoms with Crippen LogP contribution in [0.5, 0.6) is 11.5 Å². The van der Waals surface area contributed by atoms with Gasteiger partial charge >= 0.3 is 0 Å². The molecule has 0 unspecified atom stereocenters. The number of hydrogen-bond acceptors (Lipinski definition) is 7. The number of fused-ring (bicyclic) bond motifs is 1. The molecule has 0 spiro atoms. The molecular weight excluding hydrogens is 519 g/mol. The maximum Gasteiger partial charge on any atom is 0.282 e. The second kappa shape index (κ2) is 10.8. The van der Waals surface area contributed by atoms with E-state index in [9.17, 15) is 14.5 Å². The molecule has 2 aliphatic rings. The molecule has 1 saturated carbocycles. The van der Waals surface area contributed by atoms with E-state index in [2.05, 4.69) is 34.4 Å². The van der Waals surface area contributed by atoms with Crippen molar-refractivity contribution in [2.24, 2.45) is 10.1 Å². The van der Waals surface area contributed by atoms with Crippen LogP contribution in [0.2, 0.25) is 0 Å². The van der Waals surface area contributed by atoms with Gasteiger partial charge in [0.25, 0.3) is 5.69 Å². The lowest BCUT2D eigenvalue weighted by atomic mass is 9.84. The molecule has 8 nitrogen and oxygen atoms in total. The third-order valence-electron chi connectivity index (χ3n) is 7.07. The molecule has 0 atom stereocenters. The first-order valence-corrected chi connectivity index (χ1v) is 13.7. The lowest BCUT2D eigenvalue weighted by Crippen LogP contribution is -2.12. The molecular formula is C29H25FN4O4S. The fraction of sp³-hybridized carbons (Fsp3) is 0.241. The Balaban J connectivity index is 1.43. The second-order valence-corrected chi connectivity index (χ2v) is 10.3. The zero-order valence-electron chi connectivity index (χ0n) is 21.0. The average molecular weight is 545 g/mol. The minimum Gasteiger partial charge on any atom is -0.454 e. The first kappa shape index (κ1) is 25.0. The van der Waals surface area contributed by atoms with Crippen LogP contribution >= 0.6 is 11.3 Å². The second-order valence-electron chi connectivity index (χ2n) is 9.50. The number of benzene rings is 3. The molecule has 1 aromatic heterocycles. The van der Waals surface area contributed by atoms with Crippen LogP contribution in [0.1, 0.15) is 49.1 Å². The molecule has 2 heterocycles. The van der Waals surface area contributed by atoms with Gasteiger partial charge in [-0.15, -0.1) is 11.3 Å². The normalized spacial score (nSPS) is 15.8. The minimum atomic E-state index is -0.489. The van der Waals surface area contributed by atoms with Crippen molar-refractivity contribution in [3.8, 4) is 22.8 Å². The number of thiazole rings is 1. The average Bonchev–Trinajstić information content (AvgIpc) is 3.59. The van der Waals surface area contributed by atoms with Gasteiger partial charge in [-0.2, -0.15) is 5.10 Å². The molecule has 198 valence electrons. The van der Waals surface area contributed by atoms with E-state index < -0.39 is 10.7 Å². The van der Waals surface area contributed by atoms with Crippen LogP contribution in [-0.2, 0) is 0 Å². The smallest absolute Gasteiger partial charge is 0.282 e. The summed E-state index contributed by atoms with van der Waals surface area (Å²) in [5.41, 5.74) is 3.25. The molecule has 1 fully saturated rings. The van der Waals surface area contributed by atoms with Gasteiger partial charge in [-0.25, -0.2) is 14.1 Å². The number of hydrogen-bond donors (Lipinski definition) is 0. The van der Waals surface area contributed by atoms with Crippen LogP contribution in [0.15, 0.2) is 76.1 Å². The first-order valence-electron chi connectivity index (χ1n) is 12.8. The monoisotopic (exact) mass is 544 g/mol. The lowest BCUT2D eigenvalue weighted by Gasteiger charge is -2.22. The number of halogens is 1. The van der Waals surface area contributed by atoms with E-state index in [1.807, 2.05) is 5.38 Å². The molecule has 10 heteroatoms. The van der Waals surface area contributed by atoms with Gasteiger partial charge in [0.2, 0.25) is 11.6 Å². The summed E-state index contributed by atoms with van der Waals surface area (Å²) in [7, 11) is 0. The highest BCUT2D eigenvalue weighted by Crippen LogP contribution is 2.37. The SMILES string of the molecule is O=[N+]([O-])c1cc2c(cc1C=Nn1c(-c3ccc(C4CCCCC4)cc3)csc1=Nc1ccccc1F)OCO2. The van der Waals surface area contributed by atoms with Crippen LogP contribution in [0.3, 0.4) is 0 Å². The van der Waals surface area contributed by atoms with E-state index in [1.165, 1.54) is 73.4 Å². The number of aromatic nitrogens is 1. The quantitative estimate of drug-likeness (QED) is 0.146. The molecule has 1 aliphatic carbocycles. The van der Waals surface area contributed by atoms with Gasteiger partial charge in [0.1, 0.15) is 11.5 Å². The Kier molecular flexibility index (Phi) is 6.93. The Morgan fingerprint density at radius 1 is 1.03 bits per heavy atom. The van der Waals surface area contributed by atoms with Crippen molar-refractivity contribution in [1.82, 2.24) is 4.68 Å². The molecule has 3 aromatic carbocycles. The third-order valence-corrected chi connectivity index (χ3v) is 7.88. The Labute approximate surface area is 227 Å². The third kappa shape index (κ3) is 5.20. The maximum absolute atomic E-state index is 14.4. The van der Waals surface area contributed by atoms with E-state index in [4.69, 9.17) is 9.47 Å². The Hall–Kier alpha value is -4.31. The van der Waals surface area contributed by atoms with Gasteiger partial charge in [-0.1, -0.05) is 55.7 Å². The number of para-hydroxylation sites is 1. The number of nitro groups is 1. The number of ether oxygens (including phenoxy) is 2. The van der Waals surface area contributed by atoms with Gasteiger partial charge in [0.05, 0.1) is 28.5 Å². The topological polar surface area (TPSA) is 91.2 Å². The molecule has 6 rings (SSSR count). The predicted molar refractivity (Wildman–Crippen MR) is 147 cm³/mol. The Morgan fingerprint density at radius 2 is 1.77 bits per heavy atom. The maximum atomic E-state index is 14.4. The van der Waals surface area contributed by atoms with Crippen LogP contribution in [0.4, 0.5) is 15.8 Å². The molecule has 39 heavy (non-hydrogen) atoms. The van der Waals surface area contributed by atoms with Crippen molar-refractivity contribution in [2.45, 2.75) is 38.0 Å². The number of rotatable bonds is 6. The highest BCUT2D eigenvalue weighted by atomic mass is 32.1. The summed E-state index contributed by atoms with van der Waals surface area (Å²) in [6.45, 7) is -0.000959. The number of nitrogens with zero attached hydrogens (tertiary/aromatic N) is 4. The van der Waals surface area contributed by atoms with E-state index in [-0.39, 0.29) is 23.7 Å². The van der Waals surface area contributed by atoms with Gasteiger partial charge in [-0.3, -0.25) is 10.1 Å². The summed E-state index contributed by atoms with van der Waals surface area (Å²) in [5, 5.41) is 18.3. The molecule has 0 amide bonds. The molecule has 4 aromatic rings. The van der Waals surface area contributed by atoms with Crippen molar-refractivity contribution in [3.63, 3.8) is 0 Å². The summed E-state index contributed by atoms with van der Waals surface area (Å²) in [6.07, 6.45) is 7.64. The van der Waals surface area contributed by atoms with Gasteiger partial charge in [0.15, 0.2) is 11.5 Å².